The van der Waals surface area contributed by atoms with Crippen LogP contribution in [0, 0.1) is 0 Å². The van der Waals surface area contributed by atoms with Crippen LogP contribution in [0.3, 0.4) is 0 Å². The van der Waals surface area contributed by atoms with E-state index in [-0.39, 0.29) is 5.92 Å². The van der Waals surface area contributed by atoms with Gasteiger partial charge in [0.25, 0.3) is 0 Å². The molecule has 0 spiro atoms. The monoisotopic (exact) mass is 565 g/mol. The fourth-order valence-electron chi connectivity index (χ4n) is 6.18. The fourth-order valence-corrected chi connectivity index (χ4v) is 6.18. The Labute approximate surface area is 261 Å². The smallest absolute Gasteiger partial charge is 0.0461 e. The molecule has 0 N–H and O–H groups in total. The standard InChI is InChI=1S/C43H35N/c1-5-13-37(14-6-1)43(38-15-7-2-8-16-38)39-27-25-35(26-28-39)33-21-23-34(24-22-33)36-29-31-42(32-30-36)44(40-17-9-3-10-18-40)41-19-11-4-12-20-41/h1-3,5-11,13-32,43H,4,12H2. The molecule has 1 aliphatic rings. The van der Waals surface area contributed by atoms with Gasteiger partial charge in [0.15, 0.2) is 0 Å². The second-order valence-electron chi connectivity index (χ2n) is 11.3. The van der Waals surface area contributed by atoms with Crippen molar-refractivity contribution in [1.82, 2.24) is 0 Å². The van der Waals surface area contributed by atoms with Crippen molar-refractivity contribution in [1.29, 1.82) is 0 Å². The third kappa shape index (κ3) is 5.91. The summed E-state index contributed by atoms with van der Waals surface area (Å²) in [6.07, 6.45) is 9.00. The van der Waals surface area contributed by atoms with E-state index in [4.69, 9.17) is 0 Å². The Bertz CT molecular complexity index is 1810. The zero-order valence-electron chi connectivity index (χ0n) is 24.8. The van der Waals surface area contributed by atoms with Crippen LogP contribution in [0.2, 0.25) is 0 Å². The first kappa shape index (κ1) is 27.4. The van der Waals surface area contributed by atoms with Crippen LogP contribution < -0.4 is 4.90 Å². The highest BCUT2D eigenvalue weighted by atomic mass is 15.1. The van der Waals surface area contributed by atoms with E-state index in [0.29, 0.717) is 0 Å². The summed E-state index contributed by atoms with van der Waals surface area (Å²) in [6.45, 7) is 0. The average molecular weight is 566 g/mol. The van der Waals surface area contributed by atoms with Crippen molar-refractivity contribution in [2.45, 2.75) is 18.8 Å². The minimum absolute atomic E-state index is 0.208. The first-order valence-electron chi connectivity index (χ1n) is 15.5. The van der Waals surface area contributed by atoms with Crippen LogP contribution in [0.15, 0.2) is 188 Å². The molecule has 44 heavy (non-hydrogen) atoms. The number of hydrogen-bond donors (Lipinski definition) is 0. The van der Waals surface area contributed by atoms with Gasteiger partial charge in [0.2, 0.25) is 0 Å². The van der Waals surface area contributed by atoms with Crippen LogP contribution >= 0.6 is 0 Å². The maximum absolute atomic E-state index is 2.34. The van der Waals surface area contributed by atoms with Gasteiger partial charge in [-0.1, -0.05) is 152 Å². The normalized spacial score (nSPS) is 12.6. The molecule has 6 aromatic rings. The molecular formula is C43H35N. The van der Waals surface area contributed by atoms with Crippen LogP contribution in [-0.4, -0.2) is 0 Å². The Morgan fingerprint density at radius 2 is 0.795 bits per heavy atom. The summed E-state index contributed by atoms with van der Waals surface area (Å²) in [5.74, 6) is 0.208. The van der Waals surface area contributed by atoms with Gasteiger partial charge in [-0.2, -0.15) is 0 Å². The molecular weight excluding hydrogens is 530 g/mol. The van der Waals surface area contributed by atoms with E-state index < -0.39 is 0 Å². The number of para-hydroxylation sites is 1. The predicted molar refractivity (Wildman–Crippen MR) is 186 cm³/mol. The summed E-state index contributed by atoms with van der Waals surface area (Å²) in [7, 11) is 0. The molecule has 0 saturated carbocycles. The summed E-state index contributed by atoms with van der Waals surface area (Å²) in [4.78, 5) is 2.34. The molecule has 0 bridgehead atoms. The molecule has 212 valence electrons. The molecule has 1 heteroatoms. The number of rotatable bonds is 8. The molecule has 0 saturated heterocycles. The van der Waals surface area contributed by atoms with Gasteiger partial charge < -0.3 is 4.90 Å². The summed E-state index contributed by atoms with van der Waals surface area (Å²) in [6, 6.07) is 59.1. The van der Waals surface area contributed by atoms with Crippen LogP contribution in [0.4, 0.5) is 11.4 Å². The molecule has 0 fully saturated rings. The van der Waals surface area contributed by atoms with Crippen molar-refractivity contribution in [3.05, 3.63) is 204 Å². The highest BCUT2D eigenvalue weighted by molar-refractivity contribution is 5.75. The number of hydrogen-bond acceptors (Lipinski definition) is 1. The van der Waals surface area contributed by atoms with Crippen molar-refractivity contribution >= 4 is 11.4 Å². The van der Waals surface area contributed by atoms with E-state index in [0.717, 1.165) is 12.8 Å². The van der Waals surface area contributed by atoms with Gasteiger partial charge in [-0.15, -0.1) is 0 Å². The van der Waals surface area contributed by atoms with Gasteiger partial charge in [0.1, 0.15) is 0 Å². The lowest BCUT2D eigenvalue weighted by atomic mass is 9.84. The van der Waals surface area contributed by atoms with Crippen molar-refractivity contribution in [3.8, 4) is 22.3 Å². The number of allylic oxidation sites excluding steroid dienone is 3. The van der Waals surface area contributed by atoms with Crippen molar-refractivity contribution in [3.63, 3.8) is 0 Å². The van der Waals surface area contributed by atoms with Crippen molar-refractivity contribution in [2.75, 3.05) is 4.90 Å². The maximum Gasteiger partial charge on any atom is 0.0461 e. The van der Waals surface area contributed by atoms with E-state index in [1.807, 2.05) is 0 Å². The zero-order chi connectivity index (χ0) is 29.6. The molecule has 1 aliphatic carbocycles. The van der Waals surface area contributed by atoms with Crippen LogP contribution in [0.1, 0.15) is 35.4 Å². The first-order valence-corrected chi connectivity index (χ1v) is 15.5. The molecule has 0 aromatic heterocycles. The van der Waals surface area contributed by atoms with E-state index in [1.165, 1.54) is 56.0 Å². The molecule has 7 rings (SSSR count). The third-order valence-electron chi connectivity index (χ3n) is 8.43. The van der Waals surface area contributed by atoms with Gasteiger partial charge >= 0.3 is 0 Å². The SMILES string of the molecule is C1=CC(N(c2ccccc2)c2ccc(-c3ccc(-c4ccc(C(c5ccccc5)c5ccccc5)cc4)cc3)cc2)=CCC1. The predicted octanol–water partition coefficient (Wildman–Crippen LogP) is 11.6. The minimum atomic E-state index is 0.208. The average Bonchev–Trinajstić information content (AvgIpc) is 3.11. The summed E-state index contributed by atoms with van der Waals surface area (Å²) in [5, 5.41) is 0. The summed E-state index contributed by atoms with van der Waals surface area (Å²) in [5.41, 5.74) is 12.4. The Kier molecular flexibility index (Phi) is 8.01. The topological polar surface area (TPSA) is 3.24 Å². The van der Waals surface area contributed by atoms with Crippen LogP contribution in [0.25, 0.3) is 22.3 Å². The summed E-state index contributed by atoms with van der Waals surface area (Å²) < 4.78 is 0. The lowest BCUT2D eigenvalue weighted by Crippen LogP contribution is -2.16. The van der Waals surface area contributed by atoms with E-state index in [1.54, 1.807) is 0 Å². The lowest BCUT2D eigenvalue weighted by Gasteiger charge is -2.27. The van der Waals surface area contributed by atoms with Gasteiger partial charge in [0, 0.05) is 23.0 Å². The molecule has 6 aromatic carbocycles. The van der Waals surface area contributed by atoms with Crippen molar-refractivity contribution in [2.24, 2.45) is 0 Å². The largest absolute Gasteiger partial charge is 0.311 e. The highest BCUT2D eigenvalue weighted by Crippen LogP contribution is 2.35. The van der Waals surface area contributed by atoms with Gasteiger partial charge in [0.05, 0.1) is 0 Å². The molecule has 0 atom stereocenters. The first-order chi connectivity index (χ1) is 21.8. The Hall–Kier alpha value is -5.40. The summed E-state index contributed by atoms with van der Waals surface area (Å²) >= 11 is 0. The number of anilines is 2. The Morgan fingerprint density at radius 1 is 0.386 bits per heavy atom. The number of nitrogens with zero attached hydrogens (tertiary/aromatic N) is 1. The molecule has 0 aliphatic heterocycles. The highest BCUT2D eigenvalue weighted by Gasteiger charge is 2.17. The van der Waals surface area contributed by atoms with Crippen LogP contribution in [-0.2, 0) is 0 Å². The number of benzene rings is 6. The zero-order valence-corrected chi connectivity index (χ0v) is 24.8. The fraction of sp³-hybridized carbons (Fsp3) is 0.0698. The van der Waals surface area contributed by atoms with Crippen LogP contribution in [0.5, 0.6) is 0 Å². The second kappa shape index (κ2) is 12.9. The van der Waals surface area contributed by atoms with Gasteiger partial charge in [-0.25, -0.2) is 0 Å². The molecule has 0 heterocycles. The Morgan fingerprint density at radius 3 is 1.27 bits per heavy atom. The van der Waals surface area contributed by atoms with Crippen molar-refractivity contribution < 1.29 is 0 Å². The second-order valence-corrected chi connectivity index (χ2v) is 11.3. The Balaban J connectivity index is 1.12. The lowest BCUT2D eigenvalue weighted by molar-refractivity contribution is 0.978. The van der Waals surface area contributed by atoms with E-state index in [2.05, 4.69) is 187 Å². The molecule has 1 nitrogen and oxygen atoms in total. The quantitative estimate of drug-likeness (QED) is 0.166. The molecule has 0 unspecified atom stereocenters. The third-order valence-corrected chi connectivity index (χ3v) is 8.43. The van der Waals surface area contributed by atoms with Gasteiger partial charge in [-0.3, -0.25) is 0 Å². The molecule has 0 amide bonds. The van der Waals surface area contributed by atoms with E-state index >= 15 is 0 Å². The minimum Gasteiger partial charge on any atom is -0.311 e. The molecule has 0 radical (unpaired) electrons. The van der Waals surface area contributed by atoms with Gasteiger partial charge in [-0.05, 0) is 82.1 Å². The van der Waals surface area contributed by atoms with E-state index in [9.17, 15) is 0 Å². The maximum atomic E-state index is 2.34.